The Hall–Kier alpha value is -1.62. The molecule has 3 rings (SSSR count). The van der Waals surface area contributed by atoms with Gasteiger partial charge < -0.3 is 9.84 Å². The first-order chi connectivity index (χ1) is 11.1. The second-order valence-electron chi connectivity index (χ2n) is 6.76. The van der Waals surface area contributed by atoms with Gasteiger partial charge in [-0.05, 0) is 43.7 Å². The van der Waals surface area contributed by atoms with E-state index in [-0.39, 0.29) is 11.9 Å². The lowest BCUT2D eigenvalue weighted by atomic mass is 9.73. The maximum absolute atomic E-state index is 12.4. The molecular weight excluding hydrogens is 292 g/mol. The lowest BCUT2D eigenvalue weighted by molar-refractivity contribution is -0.122. The van der Waals surface area contributed by atoms with E-state index in [0.29, 0.717) is 32.3 Å². The number of rotatable bonds is 6. The van der Waals surface area contributed by atoms with Gasteiger partial charge in [0.2, 0.25) is 5.91 Å². The van der Waals surface area contributed by atoms with Crippen LogP contribution < -0.4 is 9.64 Å². The van der Waals surface area contributed by atoms with E-state index in [9.17, 15) is 9.90 Å². The Morgan fingerprint density at radius 1 is 1.39 bits per heavy atom. The molecule has 0 aromatic carbocycles. The number of hydrogen-bond acceptors (Lipinski definition) is 4. The van der Waals surface area contributed by atoms with Gasteiger partial charge in [-0.15, -0.1) is 0 Å². The number of pyridine rings is 1. The van der Waals surface area contributed by atoms with E-state index in [1.807, 2.05) is 13.0 Å². The van der Waals surface area contributed by atoms with Crippen LogP contribution >= 0.6 is 0 Å². The van der Waals surface area contributed by atoms with Gasteiger partial charge in [0.15, 0.2) is 0 Å². The molecule has 2 heterocycles. The van der Waals surface area contributed by atoms with Crippen LogP contribution in [-0.2, 0) is 11.2 Å². The van der Waals surface area contributed by atoms with Crippen LogP contribution in [0.1, 0.15) is 57.9 Å². The zero-order valence-electron chi connectivity index (χ0n) is 14.0. The lowest BCUT2D eigenvalue weighted by Crippen LogP contribution is -2.58. The van der Waals surface area contributed by atoms with Crippen LogP contribution in [0.25, 0.3) is 0 Å². The average Bonchev–Trinajstić information content (AvgIpc) is 2.52. The summed E-state index contributed by atoms with van der Waals surface area (Å²) in [5.41, 5.74) is 0.469. The molecular formula is C18H26N2O3. The van der Waals surface area contributed by atoms with Gasteiger partial charge in [0.05, 0.1) is 18.4 Å². The molecule has 0 bridgehead atoms. The number of anilines is 1. The fraction of sp³-hybridized carbons (Fsp3) is 0.667. The minimum atomic E-state index is -0.605. The lowest BCUT2D eigenvalue weighted by Gasteiger charge is -2.49. The molecule has 5 heteroatoms. The Morgan fingerprint density at radius 3 is 2.87 bits per heavy atom. The molecule has 0 atom stereocenters. The number of aryl methyl sites for hydroxylation is 1. The monoisotopic (exact) mass is 318 g/mol. The minimum Gasteiger partial charge on any atom is -0.492 e. The summed E-state index contributed by atoms with van der Waals surface area (Å²) in [5.74, 6) is 1.66. The molecule has 0 radical (unpaired) electrons. The second-order valence-corrected chi connectivity index (χ2v) is 6.76. The van der Waals surface area contributed by atoms with Crippen LogP contribution in [-0.4, -0.2) is 34.2 Å². The van der Waals surface area contributed by atoms with Crippen molar-refractivity contribution in [3.05, 3.63) is 17.8 Å². The molecule has 2 aliphatic rings. The van der Waals surface area contributed by atoms with Crippen LogP contribution in [0.2, 0.25) is 0 Å². The summed E-state index contributed by atoms with van der Waals surface area (Å²) in [7, 11) is 0. The maximum atomic E-state index is 12.4. The Kier molecular flexibility index (Phi) is 4.57. The Bertz CT molecular complexity index is 582. The Balaban J connectivity index is 1.75. The first kappa shape index (κ1) is 16.2. The normalized spacial score (nSPS) is 26.7. The number of carbonyl (C=O) groups is 1. The summed E-state index contributed by atoms with van der Waals surface area (Å²) in [6, 6.07) is 2.09. The standard InChI is InChI=1S/C18H26N2O3/c1-3-5-8-23-15-9-13-6-7-16(21)20(17(13)19-12-15)14-10-18(22,4-2)11-14/h9,12,14,22H,3-8,10-11H2,1-2H3. The SMILES string of the molecule is CCCCOc1cnc2c(c1)CCC(=O)N2C1CC(O)(CC)C1. The first-order valence-corrected chi connectivity index (χ1v) is 8.72. The fourth-order valence-electron chi connectivity index (χ4n) is 3.44. The number of aliphatic hydroxyl groups is 1. The van der Waals surface area contributed by atoms with Crippen LogP contribution in [0, 0.1) is 0 Å². The highest BCUT2D eigenvalue weighted by molar-refractivity contribution is 5.96. The van der Waals surface area contributed by atoms with Crippen molar-refractivity contribution in [2.45, 2.75) is 70.4 Å². The van der Waals surface area contributed by atoms with Crippen molar-refractivity contribution in [2.24, 2.45) is 0 Å². The van der Waals surface area contributed by atoms with Gasteiger partial charge in [0.25, 0.3) is 0 Å². The van der Waals surface area contributed by atoms with E-state index in [2.05, 4.69) is 11.9 Å². The van der Waals surface area contributed by atoms with Gasteiger partial charge in [-0.2, -0.15) is 0 Å². The van der Waals surface area contributed by atoms with Gasteiger partial charge in [-0.1, -0.05) is 20.3 Å². The summed E-state index contributed by atoms with van der Waals surface area (Å²) in [5, 5.41) is 10.2. The van der Waals surface area contributed by atoms with E-state index < -0.39 is 5.60 Å². The third-order valence-electron chi connectivity index (χ3n) is 5.04. The predicted octanol–water partition coefficient (Wildman–Crippen LogP) is 2.84. The van der Waals surface area contributed by atoms with Crippen molar-refractivity contribution in [1.29, 1.82) is 0 Å². The van der Waals surface area contributed by atoms with E-state index in [4.69, 9.17) is 4.74 Å². The highest BCUT2D eigenvalue weighted by atomic mass is 16.5. The summed E-state index contributed by atoms with van der Waals surface area (Å²) >= 11 is 0. The number of carbonyl (C=O) groups excluding carboxylic acids is 1. The smallest absolute Gasteiger partial charge is 0.228 e. The topological polar surface area (TPSA) is 62.7 Å². The van der Waals surface area contributed by atoms with Crippen LogP contribution in [0.4, 0.5) is 5.82 Å². The van der Waals surface area contributed by atoms with Crippen molar-refractivity contribution in [3.8, 4) is 5.75 Å². The summed E-state index contributed by atoms with van der Waals surface area (Å²) in [6.45, 7) is 4.82. The molecule has 0 unspecified atom stereocenters. The molecule has 1 aliphatic heterocycles. The molecule has 1 aromatic heterocycles. The number of ether oxygens (including phenoxy) is 1. The van der Waals surface area contributed by atoms with Crippen LogP contribution in [0.3, 0.4) is 0 Å². The molecule has 1 aromatic rings. The molecule has 5 nitrogen and oxygen atoms in total. The van der Waals surface area contributed by atoms with E-state index in [1.165, 1.54) is 0 Å². The molecule has 0 saturated heterocycles. The molecule has 23 heavy (non-hydrogen) atoms. The van der Waals surface area contributed by atoms with Crippen LogP contribution in [0.5, 0.6) is 5.75 Å². The number of unbranched alkanes of at least 4 members (excludes halogenated alkanes) is 1. The van der Waals surface area contributed by atoms with E-state index in [0.717, 1.165) is 36.4 Å². The Morgan fingerprint density at radius 2 is 2.17 bits per heavy atom. The quantitative estimate of drug-likeness (QED) is 0.819. The minimum absolute atomic E-state index is 0.0749. The van der Waals surface area contributed by atoms with Gasteiger partial charge >= 0.3 is 0 Å². The largest absolute Gasteiger partial charge is 0.492 e. The van der Waals surface area contributed by atoms with E-state index in [1.54, 1.807) is 11.1 Å². The highest BCUT2D eigenvalue weighted by Gasteiger charge is 2.47. The van der Waals surface area contributed by atoms with E-state index >= 15 is 0 Å². The van der Waals surface area contributed by atoms with Crippen LogP contribution in [0.15, 0.2) is 12.3 Å². The van der Waals surface area contributed by atoms with Crippen molar-refractivity contribution in [3.63, 3.8) is 0 Å². The highest BCUT2D eigenvalue weighted by Crippen LogP contribution is 2.42. The zero-order chi connectivity index (χ0) is 16.4. The Labute approximate surface area is 137 Å². The molecule has 1 saturated carbocycles. The molecule has 1 fully saturated rings. The van der Waals surface area contributed by atoms with Crippen molar-refractivity contribution < 1.29 is 14.6 Å². The summed E-state index contributed by atoms with van der Waals surface area (Å²) < 4.78 is 5.72. The number of amides is 1. The summed E-state index contributed by atoms with van der Waals surface area (Å²) in [6.07, 6.45) is 7.08. The number of aromatic nitrogens is 1. The molecule has 126 valence electrons. The predicted molar refractivity (Wildman–Crippen MR) is 88.7 cm³/mol. The van der Waals surface area contributed by atoms with Crippen molar-refractivity contribution in [2.75, 3.05) is 11.5 Å². The molecule has 1 aliphatic carbocycles. The maximum Gasteiger partial charge on any atom is 0.228 e. The number of hydrogen-bond donors (Lipinski definition) is 1. The zero-order valence-corrected chi connectivity index (χ0v) is 14.0. The van der Waals surface area contributed by atoms with Gasteiger partial charge in [-0.25, -0.2) is 4.98 Å². The average molecular weight is 318 g/mol. The van der Waals surface area contributed by atoms with Gasteiger partial charge in [-0.3, -0.25) is 9.69 Å². The molecule has 0 spiro atoms. The molecule has 1 amide bonds. The van der Waals surface area contributed by atoms with Gasteiger partial charge in [0.1, 0.15) is 11.6 Å². The fourth-order valence-corrected chi connectivity index (χ4v) is 3.44. The third kappa shape index (κ3) is 3.20. The van der Waals surface area contributed by atoms with Gasteiger partial charge in [0, 0.05) is 12.5 Å². The van der Waals surface area contributed by atoms with Crippen molar-refractivity contribution in [1.82, 2.24) is 4.98 Å². The molecule has 1 N–H and O–H groups in total. The van der Waals surface area contributed by atoms with Crippen molar-refractivity contribution >= 4 is 11.7 Å². The number of fused-ring (bicyclic) bond motifs is 1. The third-order valence-corrected chi connectivity index (χ3v) is 5.04. The first-order valence-electron chi connectivity index (χ1n) is 8.72. The summed E-state index contributed by atoms with van der Waals surface area (Å²) in [4.78, 5) is 18.7. The number of nitrogens with zero attached hydrogens (tertiary/aromatic N) is 2. The second kappa shape index (κ2) is 6.48.